The van der Waals surface area contributed by atoms with E-state index in [0.29, 0.717) is 17.8 Å². The van der Waals surface area contributed by atoms with Gasteiger partial charge in [-0.2, -0.15) is 4.98 Å². The van der Waals surface area contributed by atoms with Crippen LogP contribution in [-0.2, 0) is 6.54 Å². The normalized spacial score (nSPS) is 20.2. The molecule has 0 bridgehead atoms. The highest BCUT2D eigenvalue weighted by Gasteiger charge is 2.18. The van der Waals surface area contributed by atoms with Gasteiger partial charge in [0.25, 0.3) is 0 Å². The Hall–Kier alpha value is -1.72. The second-order valence-electron chi connectivity index (χ2n) is 5.42. The van der Waals surface area contributed by atoms with E-state index in [4.69, 9.17) is 4.52 Å². The van der Waals surface area contributed by atoms with Gasteiger partial charge >= 0.3 is 0 Å². The van der Waals surface area contributed by atoms with Crippen LogP contribution in [0, 0.1) is 6.92 Å². The number of aromatic nitrogens is 2. The molecule has 0 spiro atoms. The number of hydrogen-bond donors (Lipinski definition) is 1. The third-order valence-electron chi connectivity index (χ3n) is 3.67. The van der Waals surface area contributed by atoms with Gasteiger partial charge < -0.3 is 9.84 Å². The van der Waals surface area contributed by atoms with Gasteiger partial charge in [0.1, 0.15) is 0 Å². The minimum absolute atomic E-state index is 0.516. The van der Waals surface area contributed by atoms with Crippen LogP contribution < -0.4 is 5.32 Å². The smallest absolute Gasteiger partial charge is 0.241 e. The number of hydrogen-bond acceptors (Lipinski definition) is 5. The van der Waals surface area contributed by atoms with Crippen LogP contribution in [0.2, 0.25) is 0 Å². The fourth-order valence-electron chi connectivity index (χ4n) is 2.60. The van der Waals surface area contributed by atoms with Crippen molar-refractivity contribution in [3.05, 3.63) is 35.7 Å². The van der Waals surface area contributed by atoms with Crippen LogP contribution >= 0.6 is 0 Å². The number of nitrogens with one attached hydrogen (secondary N) is 1. The van der Waals surface area contributed by atoms with Crippen LogP contribution in [0.4, 0.5) is 0 Å². The Morgan fingerprint density at radius 2 is 2.25 bits per heavy atom. The van der Waals surface area contributed by atoms with Gasteiger partial charge in [-0.1, -0.05) is 29.4 Å². The largest absolute Gasteiger partial charge is 0.338 e. The molecule has 2 heterocycles. The Balaban J connectivity index is 1.72. The third kappa shape index (κ3) is 2.89. The van der Waals surface area contributed by atoms with Gasteiger partial charge in [-0.05, 0) is 19.4 Å². The van der Waals surface area contributed by atoms with E-state index < -0.39 is 0 Å². The molecule has 0 amide bonds. The quantitative estimate of drug-likeness (QED) is 0.924. The van der Waals surface area contributed by atoms with Gasteiger partial charge in [0.2, 0.25) is 11.7 Å². The molecular formula is C15H20N4O. The summed E-state index contributed by atoms with van der Waals surface area (Å²) in [4.78, 5) is 6.86. The maximum Gasteiger partial charge on any atom is 0.241 e. The summed E-state index contributed by atoms with van der Waals surface area (Å²) in [6.07, 6.45) is 0. The Labute approximate surface area is 119 Å². The van der Waals surface area contributed by atoms with Crippen molar-refractivity contribution in [2.45, 2.75) is 26.4 Å². The van der Waals surface area contributed by atoms with Crippen molar-refractivity contribution in [3.8, 4) is 11.4 Å². The zero-order valence-electron chi connectivity index (χ0n) is 12.0. The molecule has 1 aromatic carbocycles. The van der Waals surface area contributed by atoms with Crippen LogP contribution in [0.25, 0.3) is 11.4 Å². The second kappa shape index (κ2) is 5.73. The molecule has 0 radical (unpaired) electrons. The minimum Gasteiger partial charge on any atom is -0.338 e. The van der Waals surface area contributed by atoms with Crippen molar-refractivity contribution >= 4 is 0 Å². The van der Waals surface area contributed by atoms with E-state index in [1.54, 1.807) is 0 Å². The molecule has 1 saturated heterocycles. The average molecular weight is 272 g/mol. The zero-order valence-corrected chi connectivity index (χ0v) is 12.0. The van der Waals surface area contributed by atoms with E-state index in [0.717, 1.165) is 37.3 Å². The summed E-state index contributed by atoms with van der Waals surface area (Å²) in [6, 6.07) is 8.61. The maximum absolute atomic E-state index is 5.39. The fraction of sp³-hybridized carbons (Fsp3) is 0.467. The topological polar surface area (TPSA) is 54.2 Å². The maximum atomic E-state index is 5.39. The van der Waals surface area contributed by atoms with Crippen molar-refractivity contribution in [1.82, 2.24) is 20.4 Å². The minimum atomic E-state index is 0.516. The van der Waals surface area contributed by atoms with E-state index in [2.05, 4.69) is 40.3 Å². The van der Waals surface area contributed by atoms with Gasteiger partial charge in [0.05, 0.1) is 6.54 Å². The lowest BCUT2D eigenvalue weighted by Gasteiger charge is -2.30. The lowest BCUT2D eigenvalue weighted by atomic mass is 10.1. The van der Waals surface area contributed by atoms with Crippen molar-refractivity contribution < 1.29 is 4.52 Å². The molecule has 1 atom stereocenters. The van der Waals surface area contributed by atoms with Crippen LogP contribution in [-0.4, -0.2) is 40.7 Å². The summed E-state index contributed by atoms with van der Waals surface area (Å²) in [6.45, 7) is 8.03. The highest BCUT2D eigenvalue weighted by Crippen LogP contribution is 2.20. The Kier molecular flexibility index (Phi) is 3.80. The monoisotopic (exact) mass is 272 g/mol. The number of benzene rings is 1. The summed E-state index contributed by atoms with van der Waals surface area (Å²) in [5, 5.41) is 7.53. The van der Waals surface area contributed by atoms with E-state index in [-0.39, 0.29) is 0 Å². The summed E-state index contributed by atoms with van der Waals surface area (Å²) in [5.74, 6) is 1.37. The standard InChI is InChI=1S/C15H20N4O/c1-11-5-3-4-6-13(11)15-17-14(20-18-15)10-19-8-7-16-12(2)9-19/h3-6,12,16H,7-10H2,1-2H3. The van der Waals surface area contributed by atoms with Gasteiger partial charge in [-0.25, -0.2) is 0 Å². The highest BCUT2D eigenvalue weighted by atomic mass is 16.5. The first kappa shape index (κ1) is 13.3. The lowest BCUT2D eigenvalue weighted by molar-refractivity contribution is 0.177. The molecule has 1 aliphatic rings. The molecular weight excluding hydrogens is 252 g/mol. The SMILES string of the molecule is Cc1ccccc1-c1noc(CN2CCNC(C)C2)n1. The molecule has 106 valence electrons. The van der Waals surface area contributed by atoms with Crippen LogP contribution in [0.15, 0.2) is 28.8 Å². The van der Waals surface area contributed by atoms with Crippen molar-refractivity contribution in [1.29, 1.82) is 0 Å². The molecule has 1 aliphatic heterocycles. The Morgan fingerprint density at radius 3 is 3.05 bits per heavy atom. The second-order valence-corrected chi connectivity index (χ2v) is 5.42. The number of rotatable bonds is 3. The molecule has 1 N–H and O–H groups in total. The zero-order chi connectivity index (χ0) is 13.9. The molecule has 2 aromatic rings. The van der Waals surface area contributed by atoms with Crippen LogP contribution in [0.1, 0.15) is 18.4 Å². The molecule has 1 unspecified atom stereocenters. The van der Waals surface area contributed by atoms with Crippen molar-refractivity contribution in [3.63, 3.8) is 0 Å². The van der Waals surface area contributed by atoms with E-state index >= 15 is 0 Å². The average Bonchev–Trinajstić information content (AvgIpc) is 2.87. The van der Waals surface area contributed by atoms with E-state index in [1.165, 1.54) is 0 Å². The Bertz CT molecular complexity index is 581. The predicted molar refractivity (Wildman–Crippen MR) is 77.2 cm³/mol. The fourth-order valence-corrected chi connectivity index (χ4v) is 2.60. The molecule has 5 heteroatoms. The van der Waals surface area contributed by atoms with Gasteiger partial charge in [0, 0.05) is 31.2 Å². The third-order valence-corrected chi connectivity index (χ3v) is 3.67. The molecule has 1 fully saturated rings. The Morgan fingerprint density at radius 1 is 1.40 bits per heavy atom. The lowest BCUT2D eigenvalue weighted by Crippen LogP contribution is -2.48. The van der Waals surface area contributed by atoms with E-state index in [1.807, 2.05) is 18.2 Å². The van der Waals surface area contributed by atoms with Crippen molar-refractivity contribution in [2.75, 3.05) is 19.6 Å². The van der Waals surface area contributed by atoms with Gasteiger partial charge in [-0.3, -0.25) is 4.90 Å². The first-order valence-corrected chi connectivity index (χ1v) is 7.06. The number of aryl methyl sites for hydroxylation is 1. The van der Waals surface area contributed by atoms with Gasteiger partial charge in [-0.15, -0.1) is 0 Å². The first-order valence-electron chi connectivity index (χ1n) is 7.06. The number of nitrogens with zero attached hydrogens (tertiary/aromatic N) is 3. The van der Waals surface area contributed by atoms with Crippen molar-refractivity contribution in [2.24, 2.45) is 0 Å². The molecule has 3 rings (SSSR count). The molecule has 20 heavy (non-hydrogen) atoms. The van der Waals surface area contributed by atoms with E-state index in [9.17, 15) is 0 Å². The molecule has 1 aromatic heterocycles. The number of piperazine rings is 1. The first-order chi connectivity index (χ1) is 9.72. The summed E-state index contributed by atoms with van der Waals surface area (Å²) >= 11 is 0. The van der Waals surface area contributed by atoms with Gasteiger partial charge in [0.15, 0.2) is 0 Å². The predicted octanol–water partition coefficient (Wildman–Crippen LogP) is 1.84. The van der Waals surface area contributed by atoms with Crippen LogP contribution in [0.3, 0.4) is 0 Å². The molecule has 5 nitrogen and oxygen atoms in total. The molecule has 0 aliphatic carbocycles. The highest BCUT2D eigenvalue weighted by molar-refractivity contribution is 5.58. The summed E-state index contributed by atoms with van der Waals surface area (Å²) in [7, 11) is 0. The molecule has 0 saturated carbocycles. The summed E-state index contributed by atoms with van der Waals surface area (Å²) < 4.78 is 5.39. The summed E-state index contributed by atoms with van der Waals surface area (Å²) in [5.41, 5.74) is 2.20. The van der Waals surface area contributed by atoms with Crippen LogP contribution in [0.5, 0.6) is 0 Å².